The molecular weight excluding hydrogens is 655 g/mol. The van der Waals surface area contributed by atoms with E-state index in [4.69, 9.17) is 9.15 Å². The topological polar surface area (TPSA) is 143 Å². The van der Waals surface area contributed by atoms with Crippen LogP contribution in [0, 0.1) is 0 Å². The van der Waals surface area contributed by atoms with Crippen LogP contribution < -0.4 is 14.2 Å². The fourth-order valence-electron chi connectivity index (χ4n) is 6.12. The fourth-order valence-corrected chi connectivity index (χ4v) is 7.33. The minimum absolute atomic E-state index is 0.0102. The van der Waals surface area contributed by atoms with Crippen LogP contribution in [-0.4, -0.2) is 30.5 Å². The van der Waals surface area contributed by atoms with E-state index in [2.05, 4.69) is 18.0 Å². The predicted molar refractivity (Wildman–Crippen MR) is 183 cm³/mol. The van der Waals surface area contributed by atoms with Crippen LogP contribution in [0.1, 0.15) is 19.2 Å². The van der Waals surface area contributed by atoms with Crippen LogP contribution in [0.5, 0.6) is 5.75 Å². The number of hydrogen-bond donors (Lipinski definition) is 2. The quantitative estimate of drug-likeness (QED) is 0.109. The minimum Gasteiger partial charge on any atom is -0.438 e. The van der Waals surface area contributed by atoms with E-state index in [9.17, 15) is 25.9 Å². The standard InChI is InChI=1S/C35H27N3O8S2/c1-4-10-34(48(42,43)44)38-30-19-26-25-13-8-9-14-27(25)36(3)29(26)20-31(30)45-33(38)18-22(5-2)17-32-37(21-47(39,40)41)28-16-15-23-11-6-7-12-24(23)35(28)46-32/h6-9,11-20H,1,5,21H2,2-3H3,(H-,39,40,41,42,43,44)/p+1. The van der Waals surface area contributed by atoms with E-state index in [-0.39, 0.29) is 11.8 Å². The molecule has 7 rings (SSSR count). The molecule has 1 aliphatic heterocycles. The van der Waals surface area contributed by atoms with Crippen LogP contribution in [0.2, 0.25) is 0 Å². The summed E-state index contributed by atoms with van der Waals surface area (Å²) in [4.78, 5) is 1.21. The summed E-state index contributed by atoms with van der Waals surface area (Å²) in [6, 6.07) is 22.3. The number of aromatic nitrogens is 2. The summed E-state index contributed by atoms with van der Waals surface area (Å²) in [5.74, 6) is -0.329. The largest absolute Gasteiger partial charge is 0.438 e. The maximum absolute atomic E-state index is 12.7. The third-order valence-electron chi connectivity index (χ3n) is 8.25. The van der Waals surface area contributed by atoms with Crippen LogP contribution in [0.15, 0.2) is 118 Å². The number of aryl methyl sites for hydroxylation is 1. The highest BCUT2D eigenvalue weighted by Gasteiger charge is 2.36. The molecule has 1 aliphatic rings. The Morgan fingerprint density at radius 3 is 2.40 bits per heavy atom. The number of oxazole rings is 1. The number of hydrogen-bond acceptors (Lipinski definition) is 7. The molecule has 0 aliphatic carbocycles. The molecule has 48 heavy (non-hydrogen) atoms. The van der Waals surface area contributed by atoms with E-state index in [0.717, 1.165) is 32.6 Å². The van der Waals surface area contributed by atoms with E-state index < -0.39 is 31.1 Å². The fraction of sp³-hybridized carbons (Fsp3) is 0.114. The summed E-state index contributed by atoms with van der Waals surface area (Å²) in [5.41, 5.74) is 8.25. The lowest BCUT2D eigenvalue weighted by molar-refractivity contribution is -0.658. The summed E-state index contributed by atoms with van der Waals surface area (Å²) < 4.78 is 85.6. The summed E-state index contributed by atoms with van der Waals surface area (Å²) in [6.45, 7) is 5.29. The van der Waals surface area contributed by atoms with Gasteiger partial charge in [0.05, 0.1) is 17.3 Å². The van der Waals surface area contributed by atoms with Gasteiger partial charge in [0, 0.05) is 46.9 Å². The van der Waals surface area contributed by atoms with Gasteiger partial charge in [0.2, 0.25) is 16.5 Å². The second-order valence-corrected chi connectivity index (χ2v) is 14.0. The van der Waals surface area contributed by atoms with Crippen molar-refractivity contribution in [3.05, 3.63) is 119 Å². The number of fused-ring (bicyclic) bond motifs is 7. The van der Waals surface area contributed by atoms with Crippen molar-refractivity contribution in [3.63, 3.8) is 0 Å². The summed E-state index contributed by atoms with van der Waals surface area (Å²) in [5, 5.41) is 2.72. The van der Waals surface area contributed by atoms with Gasteiger partial charge in [-0.2, -0.15) is 16.8 Å². The summed E-state index contributed by atoms with van der Waals surface area (Å²) >= 11 is 0. The number of nitrogens with zero attached hydrogens (tertiary/aromatic N) is 3. The molecule has 0 bridgehead atoms. The van der Waals surface area contributed by atoms with Gasteiger partial charge in [-0.05, 0) is 47.9 Å². The Bertz CT molecular complexity index is 2720. The first-order chi connectivity index (χ1) is 22.9. The highest BCUT2D eigenvalue weighted by atomic mass is 32.2. The van der Waals surface area contributed by atoms with Gasteiger partial charge in [-0.15, -0.1) is 4.57 Å². The van der Waals surface area contributed by atoms with Crippen molar-refractivity contribution >= 4 is 75.7 Å². The summed E-state index contributed by atoms with van der Waals surface area (Å²) in [6.07, 6.45) is 3.50. The zero-order chi connectivity index (χ0) is 34.0. The molecule has 2 N–H and O–H groups in total. The number of anilines is 1. The lowest BCUT2D eigenvalue weighted by atomic mass is 10.1. The van der Waals surface area contributed by atoms with Crippen molar-refractivity contribution in [1.82, 2.24) is 4.57 Å². The maximum Gasteiger partial charge on any atom is 0.375 e. The van der Waals surface area contributed by atoms with Gasteiger partial charge in [-0.1, -0.05) is 55.1 Å². The van der Waals surface area contributed by atoms with Crippen molar-refractivity contribution in [2.24, 2.45) is 7.05 Å². The Balaban J connectivity index is 1.45. The molecule has 0 saturated heterocycles. The predicted octanol–water partition coefficient (Wildman–Crippen LogP) is 6.57. The molecule has 0 radical (unpaired) electrons. The van der Waals surface area contributed by atoms with Gasteiger partial charge in [-0.3, -0.25) is 14.0 Å². The highest BCUT2D eigenvalue weighted by molar-refractivity contribution is 7.90. The monoisotopic (exact) mass is 682 g/mol. The summed E-state index contributed by atoms with van der Waals surface area (Å²) in [7, 11) is -7.45. The second kappa shape index (κ2) is 11.4. The van der Waals surface area contributed by atoms with E-state index >= 15 is 0 Å². The zero-order valence-electron chi connectivity index (χ0n) is 25.7. The molecule has 2 aromatic heterocycles. The average Bonchev–Trinajstić information content (AvgIpc) is 3.66. The normalized spacial score (nSPS) is 14.5. The van der Waals surface area contributed by atoms with E-state index in [0.29, 0.717) is 34.5 Å². The molecule has 0 atom stereocenters. The van der Waals surface area contributed by atoms with Gasteiger partial charge in [0.15, 0.2) is 5.75 Å². The molecule has 0 amide bonds. The van der Waals surface area contributed by atoms with E-state index in [1.165, 1.54) is 9.47 Å². The van der Waals surface area contributed by atoms with Gasteiger partial charge < -0.3 is 13.7 Å². The average molecular weight is 683 g/mol. The van der Waals surface area contributed by atoms with Crippen LogP contribution in [0.25, 0.3) is 49.8 Å². The Kier molecular flexibility index (Phi) is 7.41. The van der Waals surface area contributed by atoms with Crippen LogP contribution in [0.4, 0.5) is 5.69 Å². The molecule has 11 nitrogen and oxygen atoms in total. The van der Waals surface area contributed by atoms with Gasteiger partial charge in [0.1, 0.15) is 0 Å². The first-order valence-corrected chi connectivity index (χ1v) is 17.8. The lowest BCUT2D eigenvalue weighted by Crippen LogP contribution is -2.39. The second-order valence-electron chi connectivity index (χ2n) is 11.2. The molecule has 0 spiro atoms. The first-order valence-electron chi connectivity index (χ1n) is 14.7. The van der Waals surface area contributed by atoms with Crippen LogP contribution in [0.3, 0.4) is 0 Å². The Morgan fingerprint density at radius 1 is 0.958 bits per heavy atom. The van der Waals surface area contributed by atoms with Gasteiger partial charge in [-0.25, -0.2) is 0 Å². The lowest BCUT2D eigenvalue weighted by Gasteiger charge is -2.18. The molecule has 4 aromatic carbocycles. The molecular formula is C35H28N3O8S2+. The number of rotatable bonds is 7. The smallest absolute Gasteiger partial charge is 0.375 e. The van der Waals surface area contributed by atoms with Crippen molar-refractivity contribution in [2.75, 3.05) is 4.90 Å². The van der Waals surface area contributed by atoms with Crippen molar-refractivity contribution < 1.29 is 39.7 Å². The SMILES string of the molecule is C=C=C=C(N1C(=CC(=Cc2oc3c4ccccc4ccc3[n+]2CS(=O)(=O)O)CC)Oc2cc3c(cc21)c1ccccc1n3C)S(=O)(=O)O. The molecule has 242 valence electrons. The van der Waals surface area contributed by atoms with Gasteiger partial charge >= 0.3 is 26.1 Å². The molecule has 0 saturated carbocycles. The number of ether oxygens (including phenoxy) is 1. The van der Waals surface area contributed by atoms with Crippen molar-refractivity contribution in [1.29, 1.82) is 0 Å². The van der Waals surface area contributed by atoms with Crippen molar-refractivity contribution in [2.45, 2.75) is 19.2 Å². The molecule has 13 heteroatoms. The third-order valence-corrected chi connectivity index (χ3v) is 9.61. The molecule has 6 aromatic rings. The van der Waals surface area contributed by atoms with E-state index in [1.54, 1.807) is 30.4 Å². The van der Waals surface area contributed by atoms with Crippen molar-refractivity contribution in [3.8, 4) is 5.75 Å². The van der Waals surface area contributed by atoms with Gasteiger partial charge in [0.25, 0.3) is 11.4 Å². The maximum atomic E-state index is 12.7. The number of allylic oxidation sites excluding steroid dienone is 2. The number of para-hydroxylation sites is 1. The Morgan fingerprint density at radius 2 is 1.69 bits per heavy atom. The Hall–Kier alpha value is -5.39. The number of benzene rings is 4. The minimum atomic E-state index is -4.88. The van der Waals surface area contributed by atoms with Crippen LogP contribution in [-0.2, 0) is 33.2 Å². The molecule has 3 heterocycles. The first kappa shape index (κ1) is 31.2. The molecule has 0 fully saturated rings. The van der Waals surface area contributed by atoms with E-state index in [1.807, 2.05) is 73.1 Å². The highest BCUT2D eigenvalue weighted by Crippen LogP contribution is 2.46. The Labute approximate surface area is 275 Å². The third kappa shape index (κ3) is 5.30. The van der Waals surface area contributed by atoms with Crippen LogP contribution >= 0.6 is 0 Å². The zero-order valence-corrected chi connectivity index (χ0v) is 27.3. The molecule has 0 unspecified atom stereocenters.